The summed E-state index contributed by atoms with van der Waals surface area (Å²) in [4.78, 5) is 5.25. The summed E-state index contributed by atoms with van der Waals surface area (Å²) in [6.45, 7) is 7.01. The minimum atomic E-state index is 0.505. The molecule has 0 spiro atoms. The van der Waals surface area contributed by atoms with E-state index in [0.717, 1.165) is 6.42 Å². The fourth-order valence-corrected chi connectivity index (χ4v) is 5.45. The lowest BCUT2D eigenvalue weighted by atomic mass is 10.0. The van der Waals surface area contributed by atoms with Crippen LogP contribution < -0.4 is 0 Å². The van der Waals surface area contributed by atoms with E-state index in [1.807, 2.05) is 0 Å². The normalized spacial score (nSPS) is 15.4. The van der Waals surface area contributed by atoms with Crippen LogP contribution in [0.5, 0.6) is 0 Å². The van der Waals surface area contributed by atoms with Crippen LogP contribution in [-0.4, -0.2) is 29.1 Å². The van der Waals surface area contributed by atoms with Gasteiger partial charge in [-0.2, -0.15) is 0 Å². The maximum absolute atomic E-state index is 2.63. The van der Waals surface area contributed by atoms with Gasteiger partial charge in [0.05, 0.1) is 0 Å². The molecule has 0 radical (unpaired) electrons. The van der Waals surface area contributed by atoms with Crippen LogP contribution in [0.2, 0.25) is 0 Å². The van der Waals surface area contributed by atoms with Gasteiger partial charge in [0.15, 0.2) is 0 Å². The van der Waals surface area contributed by atoms with E-state index in [2.05, 4.69) is 66.4 Å². The molecule has 0 bridgehead atoms. The minimum absolute atomic E-state index is 0.505. The Labute approximate surface area is 219 Å². The fourth-order valence-electron chi connectivity index (χ4n) is 5.45. The molecule has 2 rings (SSSR count). The molecule has 0 aliphatic carbocycles. The first-order chi connectivity index (χ1) is 17.3. The van der Waals surface area contributed by atoms with Crippen molar-refractivity contribution in [2.24, 2.45) is 0 Å². The van der Waals surface area contributed by atoms with Gasteiger partial charge in [-0.3, -0.25) is 0 Å². The fraction of sp³-hybridized carbons (Fsp3) is 0.758. The summed E-state index contributed by atoms with van der Waals surface area (Å²) in [5.74, 6) is 0. The topological polar surface area (TPSA) is 6.48 Å². The molecule has 1 unspecified atom stereocenters. The van der Waals surface area contributed by atoms with E-state index in [9.17, 15) is 0 Å². The van der Waals surface area contributed by atoms with Crippen molar-refractivity contribution in [3.05, 3.63) is 48.3 Å². The first-order valence-corrected chi connectivity index (χ1v) is 15.6. The highest BCUT2D eigenvalue weighted by atomic mass is 15.4. The molecule has 0 aromatic heterocycles. The molecule has 2 nitrogen and oxygen atoms in total. The summed E-state index contributed by atoms with van der Waals surface area (Å²) in [5.41, 5.74) is 1.46. The van der Waals surface area contributed by atoms with Gasteiger partial charge in [-0.1, -0.05) is 153 Å². The summed E-state index contributed by atoms with van der Waals surface area (Å²) in [7, 11) is 0. The molecule has 200 valence electrons. The summed E-state index contributed by atoms with van der Waals surface area (Å²) in [5, 5.41) is 0. The van der Waals surface area contributed by atoms with Crippen LogP contribution in [0, 0.1) is 0 Å². The van der Waals surface area contributed by atoms with Crippen LogP contribution in [0.1, 0.15) is 141 Å². The predicted molar refractivity (Wildman–Crippen MR) is 156 cm³/mol. The monoisotopic (exact) mass is 482 g/mol. The largest absolute Gasteiger partial charge is 0.356 e. The zero-order chi connectivity index (χ0) is 24.8. The van der Waals surface area contributed by atoms with Crippen molar-refractivity contribution in [2.45, 2.75) is 148 Å². The summed E-state index contributed by atoms with van der Waals surface area (Å²) in [6, 6.07) is 11.1. The van der Waals surface area contributed by atoms with Gasteiger partial charge >= 0.3 is 0 Å². The molecule has 0 fully saturated rings. The molecule has 35 heavy (non-hydrogen) atoms. The SMILES string of the molecule is CCCCCCCCCCCCCCCN1C=CN(CCCCCCCC)C1Cc1ccccc1. The first kappa shape index (κ1) is 29.8. The van der Waals surface area contributed by atoms with Crippen molar-refractivity contribution in [1.82, 2.24) is 9.80 Å². The number of hydrogen-bond donors (Lipinski definition) is 0. The Kier molecular flexibility index (Phi) is 17.6. The van der Waals surface area contributed by atoms with E-state index >= 15 is 0 Å². The Bertz CT molecular complexity index is 611. The average Bonchev–Trinajstić information content (AvgIpc) is 3.25. The third-order valence-corrected chi connectivity index (χ3v) is 7.77. The maximum atomic E-state index is 2.63. The Hall–Kier alpha value is -1.44. The van der Waals surface area contributed by atoms with Crippen molar-refractivity contribution in [2.75, 3.05) is 13.1 Å². The van der Waals surface area contributed by atoms with Crippen molar-refractivity contribution in [1.29, 1.82) is 0 Å². The zero-order valence-electron chi connectivity index (χ0n) is 23.6. The molecule has 1 aliphatic heterocycles. The average molecular weight is 483 g/mol. The van der Waals surface area contributed by atoms with Crippen LogP contribution >= 0.6 is 0 Å². The lowest BCUT2D eigenvalue weighted by Crippen LogP contribution is -2.41. The molecular formula is C33H58N2. The summed E-state index contributed by atoms with van der Waals surface area (Å²) >= 11 is 0. The Balaban J connectivity index is 1.59. The molecular weight excluding hydrogens is 424 g/mol. The van der Waals surface area contributed by atoms with Gasteiger partial charge in [0.25, 0.3) is 0 Å². The molecule has 0 amide bonds. The maximum Gasteiger partial charge on any atom is 0.105 e. The van der Waals surface area contributed by atoms with Crippen molar-refractivity contribution >= 4 is 0 Å². The van der Waals surface area contributed by atoms with Crippen LogP contribution in [-0.2, 0) is 6.42 Å². The number of rotatable bonds is 23. The molecule has 1 atom stereocenters. The Morgan fingerprint density at radius 2 is 0.857 bits per heavy atom. The third-order valence-electron chi connectivity index (χ3n) is 7.77. The predicted octanol–water partition coefficient (Wildman–Crippen LogP) is 10.1. The summed E-state index contributed by atoms with van der Waals surface area (Å²) < 4.78 is 0. The highest BCUT2D eigenvalue weighted by Gasteiger charge is 2.25. The van der Waals surface area contributed by atoms with Gasteiger partial charge in [0.2, 0.25) is 0 Å². The van der Waals surface area contributed by atoms with Crippen LogP contribution in [0.25, 0.3) is 0 Å². The van der Waals surface area contributed by atoms with Crippen molar-refractivity contribution in [3.8, 4) is 0 Å². The van der Waals surface area contributed by atoms with E-state index in [4.69, 9.17) is 0 Å². The van der Waals surface area contributed by atoms with Gasteiger partial charge in [0, 0.05) is 31.9 Å². The van der Waals surface area contributed by atoms with Gasteiger partial charge in [-0.25, -0.2) is 0 Å². The zero-order valence-corrected chi connectivity index (χ0v) is 23.6. The van der Waals surface area contributed by atoms with Gasteiger partial charge in [-0.15, -0.1) is 0 Å². The van der Waals surface area contributed by atoms with Crippen molar-refractivity contribution in [3.63, 3.8) is 0 Å². The quantitative estimate of drug-likeness (QED) is 0.143. The standard InChI is InChI=1S/C33H58N2/c1-3-5-7-9-11-12-13-14-15-16-17-19-24-28-35-30-29-34(27-23-18-10-8-6-4-2)33(35)31-32-25-21-20-22-26-32/h20-22,25-26,29-30,33H,3-19,23-24,27-28,31H2,1-2H3. The highest BCUT2D eigenvalue weighted by Crippen LogP contribution is 2.22. The number of hydrogen-bond acceptors (Lipinski definition) is 2. The lowest BCUT2D eigenvalue weighted by Gasteiger charge is -2.33. The second kappa shape index (κ2) is 20.7. The number of nitrogens with zero attached hydrogens (tertiary/aromatic N) is 2. The van der Waals surface area contributed by atoms with Gasteiger partial charge in [0.1, 0.15) is 6.17 Å². The van der Waals surface area contributed by atoms with E-state index < -0.39 is 0 Å². The van der Waals surface area contributed by atoms with E-state index in [0.29, 0.717) is 6.17 Å². The third kappa shape index (κ3) is 14.0. The lowest BCUT2D eigenvalue weighted by molar-refractivity contribution is 0.148. The molecule has 1 aromatic carbocycles. The molecule has 0 saturated heterocycles. The number of benzene rings is 1. The number of unbranched alkanes of at least 4 members (excludes halogenated alkanes) is 17. The summed E-state index contributed by atoms with van der Waals surface area (Å²) in [6.07, 6.45) is 33.2. The smallest absolute Gasteiger partial charge is 0.105 e. The van der Waals surface area contributed by atoms with E-state index in [1.165, 1.54) is 141 Å². The molecule has 1 aromatic rings. The van der Waals surface area contributed by atoms with Crippen LogP contribution in [0.4, 0.5) is 0 Å². The molecule has 0 saturated carbocycles. The van der Waals surface area contributed by atoms with E-state index in [-0.39, 0.29) is 0 Å². The minimum Gasteiger partial charge on any atom is -0.356 e. The van der Waals surface area contributed by atoms with Gasteiger partial charge < -0.3 is 9.80 Å². The molecule has 0 N–H and O–H groups in total. The Morgan fingerprint density at radius 1 is 0.486 bits per heavy atom. The Morgan fingerprint density at radius 3 is 1.26 bits per heavy atom. The molecule has 1 aliphatic rings. The second-order valence-corrected chi connectivity index (χ2v) is 11.0. The molecule has 1 heterocycles. The van der Waals surface area contributed by atoms with Crippen LogP contribution in [0.3, 0.4) is 0 Å². The second-order valence-electron chi connectivity index (χ2n) is 11.0. The van der Waals surface area contributed by atoms with E-state index in [1.54, 1.807) is 0 Å². The van der Waals surface area contributed by atoms with Crippen molar-refractivity contribution < 1.29 is 0 Å². The van der Waals surface area contributed by atoms with Crippen LogP contribution in [0.15, 0.2) is 42.7 Å². The highest BCUT2D eigenvalue weighted by molar-refractivity contribution is 5.17. The molecule has 2 heteroatoms. The first-order valence-electron chi connectivity index (χ1n) is 15.6. The van der Waals surface area contributed by atoms with Gasteiger partial charge in [-0.05, 0) is 18.4 Å².